The Morgan fingerprint density at radius 3 is 3.00 bits per heavy atom. The van der Waals surface area contributed by atoms with Crippen molar-refractivity contribution in [2.24, 2.45) is 0 Å². The Kier molecular flexibility index (Phi) is 3.44. The zero-order valence-corrected chi connectivity index (χ0v) is 12.3. The number of hydrogen-bond donors (Lipinski definition) is 2. The van der Waals surface area contributed by atoms with Gasteiger partial charge in [0.05, 0.1) is 33.9 Å². The van der Waals surface area contributed by atoms with E-state index in [0.717, 1.165) is 21.1 Å². The lowest BCUT2D eigenvalue weighted by molar-refractivity contribution is 0.182. The van der Waals surface area contributed by atoms with E-state index in [2.05, 4.69) is 15.0 Å². The second-order valence-corrected chi connectivity index (χ2v) is 5.77. The van der Waals surface area contributed by atoms with E-state index in [1.54, 1.807) is 19.2 Å². The number of rotatable bonds is 3. The number of hydrogen-bond acceptors (Lipinski definition) is 6. The number of methoxy groups -OCH3 is 1. The van der Waals surface area contributed by atoms with Crippen molar-refractivity contribution < 1.29 is 9.84 Å². The number of aromatic hydroxyl groups is 1. The molecule has 0 radical (unpaired) electrons. The second-order valence-electron chi connectivity index (χ2n) is 4.56. The molecule has 2 aromatic heterocycles. The van der Waals surface area contributed by atoms with Gasteiger partial charge in [-0.3, -0.25) is 4.79 Å². The third-order valence-corrected chi connectivity index (χ3v) is 4.13. The Balaban J connectivity index is 2.26. The number of H-pyrrole nitrogens is 1. The molecule has 0 saturated heterocycles. The molecule has 0 aliphatic rings. The second kappa shape index (κ2) is 5.27. The molecule has 6 nitrogen and oxygen atoms in total. The van der Waals surface area contributed by atoms with Crippen LogP contribution in [0.2, 0.25) is 0 Å². The van der Waals surface area contributed by atoms with Gasteiger partial charge in [0.1, 0.15) is 11.3 Å². The predicted molar refractivity (Wildman–Crippen MR) is 80.6 cm³/mol. The lowest BCUT2D eigenvalue weighted by Gasteiger charge is -2.05. The van der Waals surface area contributed by atoms with Crippen LogP contribution in [0.1, 0.15) is 10.7 Å². The minimum atomic E-state index is -0.285. The van der Waals surface area contributed by atoms with Crippen molar-refractivity contribution in [1.29, 1.82) is 0 Å². The summed E-state index contributed by atoms with van der Waals surface area (Å²) in [5.74, 6) is -0.0250. The van der Waals surface area contributed by atoms with Crippen molar-refractivity contribution in [2.75, 3.05) is 7.11 Å². The van der Waals surface area contributed by atoms with Crippen molar-refractivity contribution >= 4 is 22.2 Å². The molecular weight excluding hydrogens is 290 g/mol. The van der Waals surface area contributed by atoms with Gasteiger partial charge in [-0.2, -0.15) is 0 Å². The monoisotopic (exact) mass is 303 g/mol. The molecular formula is C14H13N3O3S. The molecule has 0 saturated carbocycles. The van der Waals surface area contributed by atoms with Gasteiger partial charge < -0.3 is 14.8 Å². The lowest BCUT2D eigenvalue weighted by atomic mass is 10.1. The predicted octanol–water partition coefficient (Wildman–Crippen LogP) is 2.21. The van der Waals surface area contributed by atoms with Gasteiger partial charge >= 0.3 is 0 Å². The van der Waals surface area contributed by atoms with Crippen LogP contribution >= 0.6 is 11.3 Å². The number of fused-ring (bicyclic) bond motifs is 1. The molecule has 2 N–H and O–H groups in total. The molecule has 0 amide bonds. The number of aromatic nitrogens is 3. The molecule has 108 valence electrons. The largest absolute Gasteiger partial charge is 0.506 e. The first-order valence-electron chi connectivity index (χ1n) is 6.26. The number of aryl methyl sites for hydroxylation is 1. The van der Waals surface area contributed by atoms with Crippen molar-refractivity contribution in [2.45, 2.75) is 13.5 Å². The van der Waals surface area contributed by atoms with Crippen LogP contribution < -0.4 is 5.56 Å². The molecule has 0 aliphatic carbocycles. The topological polar surface area (TPSA) is 88.1 Å². The average molecular weight is 303 g/mol. The van der Waals surface area contributed by atoms with Crippen molar-refractivity contribution in [3.05, 3.63) is 39.5 Å². The minimum Gasteiger partial charge on any atom is -0.506 e. The summed E-state index contributed by atoms with van der Waals surface area (Å²) in [6.07, 6.45) is 1.28. The van der Waals surface area contributed by atoms with E-state index >= 15 is 0 Å². The Bertz CT molecular complexity index is 870. The third-order valence-electron chi connectivity index (χ3n) is 3.07. The molecule has 1 aromatic carbocycles. The van der Waals surface area contributed by atoms with Crippen molar-refractivity contribution in [3.63, 3.8) is 0 Å². The van der Waals surface area contributed by atoms with Crippen LogP contribution in [-0.4, -0.2) is 27.2 Å². The maximum Gasteiger partial charge on any atom is 0.258 e. The maximum absolute atomic E-state index is 11.9. The van der Waals surface area contributed by atoms with E-state index in [1.165, 1.54) is 17.7 Å². The summed E-state index contributed by atoms with van der Waals surface area (Å²) in [7, 11) is 1.60. The molecule has 0 bridgehead atoms. The van der Waals surface area contributed by atoms with Gasteiger partial charge in [-0.15, -0.1) is 11.3 Å². The van der Waals surface area contributed by atoms with Crippen LogP contribution in [0.3, 0.4) is 0 Å². The van der Waals surface area contributed by atoms with E-state index < -0.39 is 0 Å². The summed E-state index contributed by atoms with van der Waals surface area (Å²) < 4.78 is 5.15. The van der Waals surface area contributed by atoms with Crippen LogP contribution in [0.15, 0.2) is 23.3 Å². The van der Waals surface area contributed by atoms with Gasteiger partial charge in [0.2, 0.25) is 0 Å². The third kappa shape index (κ3) is 2.41. The summed E-state index contributed by atoms with van der Waals surface area (Å²) in [5, 5.41) is 11.4. The first kappa shape index (κ1) is 13.7. The molecule has 2 heterocycles. The highest BCUT2D eigenvalue weighted by molar-refractivity contribution is 7.15. The van der Waals surface area contributed by atoms with E-state index in [1.807, 2.05) is 6.92 Å². The highest BCUT2D eigenvalue weighted by Crippen LogP contribution is 2.35. The maximum atomic E-state index is 11.9. The first-order valence-corrected chi connectivity index (χ1v) is 7.08. The highest BCUT2D eigenvalue weighted by atomic mass is 32.1. The molecule has 0 spiro atoms. The Morgan fingerprint density at radius 1 is 1.43 bits per heavy atom. The number of phenolic OH excluding ortho intramolecular Hbond substituents is 1. The van der Waals surface area contributed by atoms with E-state index in [4.69, 9.17) is 4.74 Å². The number of phenols is 1. The smallest absolute Gasteiger partial charge is 0.258 e. The molecule has 0 fully saturated rings. The summed E-state index contributed by atoms with van der Waals surface area (Å²) >= 11 is 1.50. The molecule has 0 aliphatic heterocycles. The fourth-order valence-corrected chi connectivity index (χ4v) is 3.13. The Morgan fingerprint density at radius 2 is 2.24 bits per heavy atom. The molecule has 7 heteroatoms. The summed E-state index contributed by atoms with van der Waals surface area (Å²) in [6.45, 7) is 2.28. The highest BCUT2D eigenvalue weighted by Gasteiger charge is 2.15. The van der Waals surface area contributed by atoms with Gasteiger partial charge in [0, 0.05) is 7.11 Å². The van der Waals surface area contributed by atoms with Gasteiger partial charge in [-0.1, -0.05) is 0 Å². The van der Waals surface area contributed by atoms with E-state index in [-0.39, 0.29) is 16.8 Å². The minimum absolute atomic E-state index is 0.0250. The van der Waals surface area contributed by atoms with E-state index in [0.29, 0.717) is 12.0 Å². The molecule has 21 heavy (non-hydrogen) atoms. The summed E-state index contributed by atoms with van der Waals surface area (Å²) in [5.41, 5.74) is 1.53. The average Bonchev–Trinajstić information content (AvgIpc) is 2.81. The van der Waals surface area contributed by atoms with Crippen LogP contribution in [0, 0.1) is 6.92 Å². The summed E-state index contributed by atoms with van der Waals surface area (Å²) in [4.78, 5) is 23.7. The fourth-order valence-electron chi connectivity index (χ4n) is 2.22. The Labute approximate surface area is 124 Å². The van der Waals surface area contributed by atoms with Crippen molar-refractivity contribution in [1.82, 2.24) is 15.0 Å². The first-order chi connectivity index (χ1) is 10.1. The van der Waals surface area contributed by atoms with Crippen LogP contribution in [0.4, 0.5) is 0 Å². The van der Waals surface area contributed by atoms with Gasteiger partial charge in [-0.25, -0.2) is 9.97 Å². The van der Waals surface area contributed by atoms with Crippen LogP contribution in [0.5, 0.6) is 5.75 Å². The number of nitrogens with zero attached hydrogens (tertiary/aromatic N) is 2. The normalized spacial score (nSPS) is 11.1. The zero-order chi connectivity index (χ0) is 15.0. The quantitative estimate of drug-likeness (QED) is 0.774. The molecule has 3 rings (SSSR count). The SMILES string of the molecule is COCc1nc(C)sc1-c1cc(O)c2nc[nH]c(=O)c2c1. The van der Waals surface area contributed by atoms with Gasteiger partial charge in [0.25, 0.3) is 5.56 Å². The number of benzene rings is 1. The number of thiazole rings is 1. The number of aromatic amines is 1. The van der Waals surface area contributed by atoms with Crippen molar-refractivity contribution in [3.8, 4) is 16.2 Å². The Hall–Kier alpha value is -2.25. The molecule has 3 aromatic rings. The van der Waals surface area contributed by atoms with E-state index in [9.17, 15) is 9.90 Å². The van der Waals surface area contributed by atoms with Gasteiger partial charge in [-0.05, 0) is 24.6 Å². The fraction of sp³-hybridized carbons (Fsp3) is 0.214. The lowest BCUT2D eigenvalue weighted by Crippen LogP contribution is -2.06. The summed E-state index contributed by atoms with van der Waals surface area (Å²) in [6, 6.07) is 3.31. The van der Waals surface area contributed by atoms with Crippen LogP contribution in [-0.2, 0) is 11.3 Å². The van der Waals surface area contributed by atoms with Crippen LogP contribution in [0.25, 0.3) is 21.3 Å². The molecule has 0 unspecified atom stereocenters. The number of nitrogens with one attached hydrogen (secondary N) is 1. The standard InChI is InChI=1S/C14H13N3O3S/c1-7-17-10(5-20-2)13(21-7)8-3-9-12(11(18)4-8)15-6-16-14(9)19/h3-4,6,18H,5H2,1-2H3,(H,15,16,19). The zero-order valence-electron chi connectivity index (χ0n) is 11.5. The number of ether oxygens (including phenoxy) is 1. The molecule has 0 atom stereocenters. The van der Waals surface area contributed by atoms with Gasteiger partial charge in [0.15, 0.2) is 0 Å².